The van der Waals surface area contributed by atoms with Gasteiger partial charge in [0, 0.05) is 39.8 Å². The van der Waals surface area contributed by atoms with Crippen LogP contribution >= 0.6 is 24.0 Å². The fourth-order valence-electron chi connectivity index (χ4n) is 3.35. The third-order valence-corrected chi connectivity index (χ3v) is 4.94. The molecule has 0 radical (unpaired) electrons. The van der Waals surface area contributed by atoms with Gasteiger partial charge < -0.3 is 20.1 Å². The number of guanidine groups is 1. The molecule has 1 heterocycles. The van der Waals surface area contributed by atoms with Crippen molar-refractivity contribution in [1.82, 2.24) is 15.5 Å². The second kappa shape index (κ2) is 15.0. The van der Waals surface area contributed by atoms with Crippen molar-refractivity contribution in [3.63, 3.8) is 0 Å². The summed E-state index contributed by atoms with van der Waals surface area (Å²) in [5.41, 5.74) is 1.21. The van der Waals surface area contributed by atoms with E-state index in [1.54, 1.807) is 7.11 Å². The van der Waals surface area contributed by atoms with Crippen LogP contribution in [-0.4, -0.2) is 70.5 Å². The third kappa shape index (κ3) is 9.54. The minimum absolute atomic E-state index is 0. The van der Waals surface area contributed by atoms with Crippen LogP contribution in [0.25, 0.3) is 0 Å². The lowest BCUT2D eigenvalue weighted by atomic mass is 10.2. The van der Waals surface area contributed by atoms with Crippen molar-refractivity contribution in [2.75, 3.05) is 53.6 Å². The second-order valence-corrected chi connectivity index (χ2v) is 7.26. The van der Waals surface area contributed by atoms with Crippen LogP contribution in [0.2, 0.25) is 0 Å². The van der Waals surface area contributed by atoms with Gasteiger partial charge in [0.25, 0.3) is 0 Å². The molecule has 6 nitrogen and oxygen atoms in total. The van der Waals surface area contributed by atoms with Gasteiger partial charge in [-0.25, -0.2) is 0 Å². The minimum Gasteiger partial charge on any atom is -0.383 e. The fourth-order valence-corrected chi connectivity index (χ4v) is 3.35. The van der Waals surface area contributed by atoms with Crippen molar-refractivity contribution in [3.05, 3.63) is 35.9 Å². The Labute approximate surface area is 187 Å². The first-order valence-electron chi connectivity index (χ1n) is 10.0. The molecule has 160 valence electrons. The van der Waals surface area contributed by atoms with Crippen molar-refractivity contribution < 1.29 is 9.47 Å². The van der Waals surface area contributed by atoms with Gasteiger partial charge in [-0.3, -0.25) is 9.89 Å². The highest BCUT2D eigenvalue weighted by atomic mass is 127. The molecule has 1 saturated heterocycles. The number of aliphatic imine (C=N–C) groups is 1. The summed E-state index contributed by atoms with van der Waals surface area (Å²) in [6.45, 7) is 8.30. The van der Waals surface area contributed by atoms with Crippen LogP contribution in [0, 0.1) is 5.92 Å². The average Bonchev–Trinajstić information content (AvgIpc) is 3.14. The maximum atomic E-state index is 5.82. The number of methoxy groups -OCH3 is 1. The lowest BCUT2D eigenvalue weighted by Crippen LogP contribution is -2.46. The quantitative estimate of drug-likeness (QED) is 0.276. The molecule has 2 unspecified atom stereocenters. The van der Waals surface area contributed by atoms with E-state index in [1.165, 1.54) is 18.4 Å². The first-order valence-corrected chi connectivity index (χ1v) is 10.0. The summed E-state index contributed by atoms with van der Waals surface area (Å²) in [5.74, 6) is 1.28. The number of nitrogens with one attached hydrogen (secondary N) is 2. The molecule has 2 rings (SSSR count). The molecular weight excluding hydrogens is 467 g/mol. The second-order valence-electron chi connectivity index (χ2n) is 7.26. The molecule has 2 N–H and O–H groups in total. The van der Waals surface area contributed by atoms with E-state index < -0.39 is 0 Å². The molecule has 0 saturated carbocycles. The first-order chi connectivity index (χ1) is 13.2. The smallest absolute Gasteiger partial charge is 0.191 e. The predicted octanol–water partition coefficient (Wildman–Crippen LogP) is 2.73. The van der Waals surface area contributed by atoms with E-state index in [-0.39, 0.29) is 24.0 Å². The number of hydrogen-bond acceptors (Lipinski definition) is 4. The van der Waals surface area contributed by atoms with E-state index in [2.05, 4.69) is 39.6 Å². The summed E-state index contributed by atoms with van der Waals surface area (Å²) < 4.78 is 11.0. The van der Waals surface area contributed by atoms with Crippen molar-refractivity contribution in [2.45, 2.75) is 32.4 Å². The summed E-state index contributed by atoms with van der Waals surface area (Å²) in [6.07, 6.45) is 2.50. The highest BCUT2D eigenvalue weighted by molar-refractivity contribution is 14.0. The fraction of sp³-hybridized carbons (Fsp3) is 0.667. The van der Waals surface area contributed by atoms with E-state index in [0.717, 1.165) is 45.4 Å². The topological polar surface area (TPSA) is 58.1 Å². The Morgan fingerprint density at radius 3 is 2.79 bits per heavy atom. The highest BCUT2D eigenvalue weighted by Gasteiger charge is 2.23. The summed E-state index contributed by atoms with van der Waals surface area (Å²) in [7, 11) is 3.59. The van der Waals surface area contributed by atoms with Crippen LogP contribution in [0.3, 0.4) is 0 Å². The van der Waals surface area contributed by atoms with Gasteiger partial charge in [0.15, 0.2) is 5.96 Å². The van der Waals surface area contributed by atoms with E-state index >= 15 is 0 Å². The zero-order chi connectivity index (χ0) is 19.3. The predicted molar refractivity (Wildman–Crippen MR) is 127 cm³/mol. The van der Waals surface area contributed by atoms with Crippen LogP contribution in [0.1, 0.15) is 25.3 Å². The highest BCUT2D eigenvalue weighted by Crippen LogP contribution is 2.15. The molecule has 1 fully saturated rings. The summed E-state index contributed by atoms with van der Waals surface area (Å²) in [5, 5.41) is 6.89. The van der Waals surface area contributed by atoms with Gasteiger partial charge in [-0.2, -0.15) is 0 Å². The van der Waals surface area contributed by atoms with Gasteiger partial charge in [0.05, 0.1) is 19.8 Å². The summed E-state index contributed by atoms with van der Waals surface area (Å²) in [4.78, 5) is 6.85. The zero-order valence-electron chi connectivity index (χ0n) is 17.5. The molecule has 1 aromatic carbocycles. The number of likely N-dealkylation sites (tertiary alicyclic amines) is 1. The molecule has 0 bridgehead atoms. The number of rotatable bonds is 11. The number of ether oxygens (including phenoxy) is 2. The maximum Gasteiger partial charge on any atom is 0.191 e. The molecule has 2 atom stereocenters. The summed E-state index contributed by atoms with van der Waals surface area (Å²) >= 11 is 0. The average molecular weight is 504 g/mol. The van der Waals surface area contributed by atoms with Crippen LogP contribution in [-0.2, 0) is 16.1 Å². The van der Waals surface area contributed by atoms with E-state index in [4.69, 9.17) is 9.47 Å². The molecule has 1 aliphatic heterocycles. The molecule has 0 aromatic heterocycles. The van der Waals surface area contributed by atoms with Gasteiger partial charge in [-0.1, -0.05) is 37.3 Å². The Balaban J connectivity index is 0.00000392. The van der Waals surface area contributed by atoms with Crippen LogP contribution in [0.4, 0.5) is 0 Å². The third-order valence-electron chi connectivity index (χ3n) is 4.94. The number of benzene rings is 1. The van der Waals surface area contributed by atoms with Crippen molar-refractivity contribution in [3.8, 4) is 0 Å². The Morgan fingerprint density at radius 1 is 1.29 bits per heavy atom. The van der Waals surface area contributed by atoms with Gasteiger partial charge in [0.1, 0.15) is 0 Å². The largest absolute Gasteiger partial charge is 0.383 e. The number of halogens is 1. The van der Waals surface area contributed by atoms with Crippen LogP contribution in [0.5, 0.6) is 0 Å². The normalized spacial score (nSPS) is 18.5. The zero-order valence-corrected chi connectivity index (χ0v) is 19.9. The summed E-state index contributed by atoms with van der Waals surface area (Å²) in [6, 6.07) is 10.9. The Bertz CT molecular complexity index is 544. The van der Waals surface area contributed by atoms with E-state index in [1.807, 2.05) is 25.2 Å². The van der Waals surface area contributed by atoms with E-state index in [9.17, 15) is 0 Å². The number of hydrogen-bond donors (Lipinski definition) is 2. The first kappa shape index (κ1) is 25.1. The molecule has 0 amide bonds. The lowest BCUT2D eigenvalue weighted by molar-refractivity contribution is 0.0931. The molecular formula is C21H37IN4O2. The molecule has 0 spiro atoms. The van der Waals surface area contributed by atoms with Gasteiger partial charge in [-0.05, 0) is 30.9 Å². The van der Waals surface area contributed by atoms with Crippen LogP contribution < -0.4 is 10.6 Å². The standard InChI is InChI=1S/C21H36N4O2.HI/c1-18(16-27-17-19-8-5-4-6-9-19)14-23-21(22-2)24-15-20-10-7-11-25(20)12-13-26-3;/h4-6,8-9,18,20H,7,10-17H2,1-3H3,(H2,22,23,24);1H. The minimum atomic E-state index is 0. The Morgan fingerprint density at radius 2 is 2.07 bits per heavy atom. The SMILES string of the molecule is CN=C(NCC(C)COCc1ccccc1)NCC1CCCN1CCOC.I. The van der Waals surface area contributed by atoms with Crippen molar-refractivity contribution in [1.29, 1.82) is 0 Å². The molecule has 28 heavy (non-hydrogen) atoms. The monoisotopic (exact) mass is 504 g/mol. The molecule has 1 aromatic rings. The lowest BCUT2D eigenvalue weighted by Gasteiger charge is -2.25. The van der Waals surface area contributed by atoms with Gasteiger partial charge in [-0.15, -0.1) is 24.0 Å². The molecule has 1 aliphatic rings. The van der Waals surface area contributed by atoms with Gasteiger partial charge >= 0.3 is 0 Å². The Hall–Kier alpha value is -0.900. The number of nitrogens with zero attached hydrogens (tertiary/aromatic N) is 2. The molecule has 7 heteroatoms. The molecule has 0 aliphatic carbocycles. The van der Waals surface area contributed by atoms with Gasteiger partial charge in [0.2, 0.25) is 0 Å². The van der Waals surface area contributed by atoms with E-state index in [0.29, 0.717) is 18.6 Å². The van der Waals surface area contributed by atoms with Crippen molar-refractivity contribution >= 4 is 29.9 Å². The van der Waals surface area contributed by atoms with Crippen molar-refractivity contribution in [2.24, 2.45) is 10.9 Å². The Kier molecular flexibility index (Phi) is 13.5. The maximum absolute atomic E-state index is 5.82. The van der Waals surface area contributed by atoms with Crippen LogP contribution in [0.15, 0.2) is 35.3 Å².